The Morgan fingerprint density at radius 1 is 0.484 bits per heavy atom. The van der Waals surface area contributed by atoms with Crippen LogP contribution in [0, 0.1) is 0 Å². The van der Waals surface area contributed by atoms with E-state index in [1.54, 1.807) is 0 Å². The van der Waals surface area contributed by atoms with E-state index in [0.717, 1.165) is 24.2 Å². The van der Waals surface area contributed by atoms with Crippen molar-refractivity contribution in [2.75, 3.05) is 10.6 Å². The Kier molecular flexibility index (Phi) is 4.31. The van der Waals surface area contributed by atoms with Crippen molar-refractivity contribution < 1.29 is 0 Å². The highest BCUT2D eigenvalue weighted by atomic mass is 14.9. The highest BCUT2D eigenvalue weighted by Crippen LogP contribution is 2.57. The van der Waals surface area contributed by atoms with E-state index in [0.29, 0.717) is 0 Å². The third-order valence-electron chi connectivity index (χ3n) is 7.01. The zero-order chi connectivity index (χ0) is 20.7. The van der Waals surface area contributed by atoms with Crippen molar-refractivity contribution >= 4 is 22.7 Å². The molecule has 0 atom stereocenters. The lowest BCUT2D eigenvalue weighted by Gasteiger charge is -2.31. The van der Waals surface area contributed by atoms with Crippen molar-refractivity contribution in [1.29, 1.82) is 0 Å². The van der Waals surface area contributed by atoms with Crippen LogP contribution in [0.4, 0.5) is 22.7 Å². The SMILES string of the molecule is c1ccc(Nc2cccc3c2C2(CC3)CCc3cccc(Nc4ccccc4)c32)cc1. The first kappa shape index (κ1) is 18.3. The van der Waals surface area contributed by atoms with E-state index < -0.39 is 0 Å². The zero-order valence-electron chi connectivity index (χ0n) is 17.6. The maximum atomic E-state index is 3.74. The first-order chi connectivity index (χ1) is 15.3. The molecular weight excluding hydrogens is 376 g/mol. The van der Waals surface area contributed by atoms with Gasteiger partial charge < -0.3 is 10.6 Å². The lowest BCUT2D eigenvalue weighted by atomic mass is 9.75. The number of hydrogen-bond acceptors (Lipinski definition) is 2. The second-order valence-electron chi connectivity index (χ2n) is 8.74. The molecular formula is C29H26N2. The van der Waals surface area contributed by atoms with E-state index in [1.165, 1.54) is 46.5 Å². The maximum Gasteiger partial charge on any atom is 0.0428 e. The van der Waals surface area contributed by atoms with Crippen LogP contribution in [0.3, 0.4) is 0 Å². The molecule has 0 bridgehead atoms. The molecule has 2 aliphatic carbocycles. The summed E-state index contributed by atoms with van der Waals surface area (Å²) in [4.78, 5) is 0. The molecule has 2 heteroatoms. The van der Waals surface area contributed by atoms with Crippen molar-refractivity contribution in [3.63, 3.8) is 0 Å². The fourth-order valence-corrected chi connectivity index (χ4v) is 5.76. The fourth-order valence-electron chi connectivity index (χ4n) is 5.76. The van der Waals surface area contributed by atoms with Crippen molar-refractivity contribution in [2.24, 2.45) is 0 Å². The van der Waals surface area contributed by atoms with Gasteiger partial charge in [-0.15, -0.1) is 0 Å². The highest BCUT2D eigenvalue weighted by molar-refractivity contribution is 5.76. The van der Waals surface area contributed by atoms with Gasteiger partial charge in [0.05, 0.1) is 0 Å². The van der Waals surface area contributed by atoms with Gasteiger partial charge in [-0.3, -0.25) is 0 Å². The average Bonchev–Trinajstić information content (AvgIpc) is 3.38. The van der Waals surface area contributed by atoms with Crippen LogP contribution in [0.5, 0.6) is 0 Å². The number of fused-ring (bicyclic) bond motifs is 4. The van der Waals surface area contributed by atoms with Gasteiger partial charge in [-0.25, -0.2) is 0 Å². The smallest absolute Gasteiger partial charge is 0.0428 e. The van der Waals surface area contributed by atoms with Crippen LogP contribution in [0.2, 0.25) is 0 Å². The molecule has 2 N–H and O–H groups in total. The van der Waals surface area contributed by atoms with Gasteiger partial charge in [-0.2, -0.15) is 0 Å². The predicted octanol–water partition coefficient (Wildman–Crippen LogP) is 7.35. The van der Waals surface area contributed by atoms with Gasteiger partial charge in [0, 0.05) is 28.2 Å². The van der Waals surface area contributed by atoms with Gasteiger partial charge >= 0.3 is 0 Å². The molecule has 1 spiro atoms. The number of benzene rings is 4. The Hall–Kier alpha value is -3.52. The molecule has 4 aromatic rings. The van der Waals surface area contributed by atoms with Crippen LogP contribution in [-0.2, 0) is 18.3 Å². The van der Waals surface area contributed by atoms with Crippen LogP contribution < -0.4 is 10.6 Å². The lowest BCUT2D eigenvalue weighted by molar-refractivity contribution is 0.510. The predicted molar refractivity (Wildman–Crippen MR) is 130 cm³/mol. The summed E-state index contributed by atoms with van der Waals surface area (Å²) in [5, 5.41) is 7.47. The van der Waals surface area contributed by atoms with Crippen LogP contribution >= 0.6 is 0 Å². The summed E-state index contributed by atoms with van der Waals surface area (Å²) < 4.78 is 0. The third kappa shape index (κ3) is 3.02. The second-order valence-corrected chi connectivity index (χ2v) is 8.74. The number of hydrogen-bond donors (Lipinski definition) is 2. The second kappa shape index (κ2) is 7.31. The van der Waals surface area contributed by atoms with Crippen molar-refractivity contribution in [2.45, 2.75) is 31.1 Å². The summed E-state index contributed by atoms with van der Waals surface area (Å²) in [5.74, 6) is 0. The minimum Gasteiger partial charge on any atom is -0.355 e. The molecule has 2 aliphatic rings. The van der Waals surface area contributed by atoms with Gasteiger partial charge in [0.15, 0.2) is 0 Å². The van der Waals surface area contributed by atoms with Crippen molar-refractivity contribution in [1.82, 2.24) is 0 Å². The van der Waals surface area contributed by atoms with E-state index >= 15 is 0 Å². The highest BCUT2D eigenvalue weighted by Gasteiger charge is 2.47. The molecule has 0 saturated carbocycles. The molecule has 4 aromatic carbocycles. The lowest BCUT2D eigenvalue weighted by Crippen LogP contribution is -2.23. The van der Waals surface area contributed by atoms with Crippen molar-refractivity contribution in [3.8, 4) is 0 Å². The molecule has 0 unspecified atom stereocenters. The van der Waals surface area contributed by atoms with Crippen LogP contribution in [-0.4, -0.2) is 0 Å². The van der Waals surface area contributed by atoms with Crippen LogP contribution in [0.1, 0.15) is 35.1 Å². The van der Waals surface area contributed by atoms with Gasteiger partial charge in [-0.05, 0) is 84.3 Å². The van der Waals surface area contributed by atoms with Crippen LogP contribution in [0.25, 0.3) is 0 Å². The molecule has 0 aromatic heterocycles. The number of aryl methyl sites for hydroxylation is 2. The molecule has 0 fully saturated rings. The van der Waals surface area contributed by atoms with Gasteiger partial charge in [-0.1, -0.05) is 60.7 Å². The molecule has 6 rings (SSSR count). The number of rotatable bonds is 4. The summed E-state index contributed by atoms with van der Waals surface area (Å²) in [7, 11) is 0. The molecule has 0 heterocycles. The van der Waals surface area contributed by atoms with Gasteiger partial charge in [0.2, 0.25) is 0 Å². The van der Waals surface area contributed by atoms with Gasteiger partial charge in [0.25, 0.3) is 0 Å². The summed E-state index contributed by atoms with van der Waals surface area (Å²) in [6.07, 6.45) is 4.63. The molecule has 0 amide bonds. The fraction of sp³-hybridized carbons (Fsp3) is 0.172. The average molecular weight is 403 g/mol. The summed E-state index contributed by atoms with van der Waals surface area (Å²) in [6, 6.07) is 34.6. The van der Waals surface area contributed by atoms with E-state index in [9.17, 15) is 0 Å². The minimum absolute atomic E-state index is 0.0708. The Morgan fingerprint density at radius 2 is 0.935 bits per heavy atom. The molecule has 0 radical (unpaired) electrons. The Bertz CT molecular complexity index is 1130. The minimum atomic E-state index is 0.0708. The Balaban J connectivity index is 1.48. The monoisotopic (exact) mass is 402 g/mol. The van der Waals surface area contributed by atoms with Crippen LogP contribution in [0.15, 0.2) is 97.1 Å². The first-order valence-corrected chi connectivity index (χ1v) is 11.2. The summed E-state index contributed by atoms with van der Waals surface area (Å²) in [5.41, 5.74) is 10.8. The standard InChI is InChI=1S/C29H26N2/c1-3-11-23(12-4-1)30-25-15-7-9-21-17-19-29(27(21)25)20-18-22-10-8-16-26(28(22)29)31-24-13-5-2-6-14-24/h1-16,30-31H,17-20H2. The third-order valence-corrected chi connectivity index (χ3v) is 7.01. The zero-order valence-corrected chi connectivity index (χ0v) is 17.6. The van der Waals surface area contributed by atoms with E-state index in [1.807, 2.05) is 0 Å². The number of nitrogens with one attached hydrogen (secondary N) is 2. The quantitative estimate of drug-likeness (QED) is 0.373. The molecule has 0 saturated heterocycles. The summed E-state index contributed by atoms with van der Waals surface area (Å²) >= 11 is 0. The van der Waals surface area contributed by atoms with Gasteiger partial charge in [0.1, 0.15) is 0 Å². The molecule has 2 nitrogen and oxygen atoms in total. The number of anilines is 4. The van der Waals surface area contributed by atoms with Crippen molar-refractivity contribution in [3.05, 3.63) is 119 Å². The normalized spacial score (nSPS) is 15.5. The number of para-hydroxylation sites is 2. The Labute approximate surface area is 184 Å². The molecule has 152 valence electrons. The van der Waals surface area contributed by atoms with E-state index in [-0.39, 0.29) is 5.41 Å². The van der Waals surface area contributed by atoms with E-state index in [4.69, 9.17) is 0 Å². The Morgan fingerprint density at radius 3 is 1.39 bits per heavy atom. The molecule has 0 aliphatic heterocycles. The maximum absolute atomic E-state index is 3.74. The summed E-state index contributed by atoms with van der Waals surface area (Å²) in [6.45, 7) is 0. The molecule has 31 heavy (non-hydrogen) atoms. The largest absolute Gasteiger partial charge is 0.355 e. The first-order valence-electron chi connectivity index (χ1n) is 11.2. The van der Waals surface area contributed by atoms with E-state index in [2.05, 4.69) is 108 Å². The topological polar surface area (TPSA) is 24.1 Å².